The van der Waals surface area contributed by atoms with Crippen LogP contribution in [-0.4, -0.2) is 57.5 Å². The highest BCUT2D eigenvalue weighted by atomic mass is 32.2. The third-order valence-electron chi connectivity index (χ3n) is 5.40. The summed E-state index contributed by atoms with van der Waals surface area (Å²) in [5, 5.41) is 2.57. The van der Waals surface area contributed by atoms with E-state index in [1.165, 1.54) is 22.5 Å². The van der Waals surface area contributed by atoms with Gasteiger partial charge in [0.2, 0.25) is 10.0 Å². The molecule has 3 aromatic rings. The molecule has 4 rings (SSSR count). The summed E-state index contributed by atoms with van der Waals surface area (Å²) in [6.45, 7) is 0.932. The van der Waals surface area contributed by atoms with Crippen LogP contribution in [0.15, 0.2) is 83.8 Å². The van der Waals surface area contributed by atoms with Gasteiger partial charge in [0.05, 0.1) is 18.1 Å². The van der Waals surface area contributed by atoms with Crippen molar-refractivity contribution in [2.24, 2.45) is 0 Å². The number of rotatable bonds is 9. The highest BCUT2D eigenvalue weighted by Crippen LogP contribution is 2.22. The predicted molar refractivity (Wildman–Crippen MR) is 132 cm³/mol. The number of amides is 1. The van der Waals surface area contributed by atoms with Crippen LogP contribution in [0.25, 0.3) is 0 Å². The van der Waals surface area contributed by atoms with E-state index in [2.05, 4.69) is 5.32 Å². The average Bonchev–Trinajstić information content (AvgIpc) is 2.92. The van der Waals surface area contributed by atoms with Crippen LogP contribution in [0.1, 0.15) is 15.9 Å². The molecule has 1 saturated heterocycles. The fourth-order valence-corrected chi connectivity index (χ4v) is 5.03. The summed E-state index contributed by atoms with van der Waals surface area (Å²) < 4.78 is 43.2. The van der Waals surface area contributed by atoms with Crippen molar-refractivity contribution < 1.29 is 32.2 Å². The molecule has 0 saturated carbocycles. The van der Waals surface area contributed by atoms with Crippen LogP contribution in [-0.2, 0) is 30.9 Å². The number of hydrogen-bond acceptors (Lipinski definition) is 7. The van der Waals surface area contributed by atoms with Gasteiger partial charge >= 0.3 is 5.97 Å². The molecule has 1 fully saturated rings. The summed E-state index contributed by atoms with van der Waals surface area (Å²) in [5.74, 6) is -0.975. The first kappa shape index (κ1) is 25.4. The molecule has 36 heavy (non-hydrogen) atoms. The number of para-hydroxylation sites is 1. The van der Waals surface area contributed by atoms with Gasteiger partial charge in [0.15, 0.2) is 6.61 Å². The van der Waals surface area contributed by atoms with E-state index in [1.54, 1.807) is 30.3 Å². The summed E-state index contributed by atoms with van der Waals surface area (Å²) in [6, 6.07) is 22.1. The van der Waals surface area contributed by atoms with E-state index in [-0.39, 0.29) is 35.8 Å². The number of ether oxygens (including phenoxy) is 3. The van der Waals surface area contributed by atoms with E-state index in [1.807, 2.05) is 30.3 Å². The smallest absolute Gasteiger partial charge is 0.342 e. The van der Waals surface area contributed by atoms with Gasteiger partial charge in [-0.15, -0.1) is 0 Å². The molecule has 1 aliphatic rings. The second-order valence-electron chi connectivity index (χ2n) is 7.94. The molecule has 0 unspecified atom stereocenters. The van der Waals surface area contributed by atoms with Crippen LogP contribution in [0.5, 0.6) is 5.75 Å². The second-order valence-corrected chi connectivity index (χ2v) is 9.88. The third kappa shape index (κ3) is 6.48. The van der Waals surface area contributed by atoms with Crippen molar-refractivity contribution in [2.45, 2.75) is 11.5 Å². The Balaban J connectivity index is 1.34. The Morgan fingerprint density at radius 1 is 0.917 bits per heavy atom. The lowest BCUT2D eigenvalue weighted by atomic mass is 10.2. The van der Waals surface area contributed by atoms with Crippen molar-refractivity contribution in [2.75, 3.05) is 38.2 Å². The van der Waals surface area contributed by atoms with Gasteiger partial charge in [0.1, 0.15) is 17.9 Å². The number of sulfonamides is 1. The van der Waals surface area contributed by atoms with Gasteiger partial charge in [0, 0.05) is 18.8 Å². The minimum absolute atomic E-state index is 0.0590. The van der Waals surface area contributed by atoms with Crippen LogP contribution in [0, 0.1) is 0 Å². The molecule has 1 aliphatic heterocycles. The second kappa shape index (κ2) is 11.8. The summed E-state index contributed by atoms with van der Waals surface area (Å²) >= 11 is 0. The van der Waals surface area contributed by atoms with E-state index in [0.717, 1.165) is 5.56 Å². The van der Waals surface area contributed by atoms with Crippen molar-refractivity contribution >= 4 is 27.6 Å². The number of nitrogens with one attached hydrogen (secondary N) is 1. The first-order chi connectivity index (χ1) is 17.4. The monoisotopic (exact) mass is 510 g/mol. The number of carbonyl (C=O) groups excluding carboxylic acids is 2. The van der Waals surface area contributed by atoms with Crippen LogP contribution in [0.2, 0.25) is 0 Å². The largest absolute Gasteiger partial charge is 0.488 e. The number of nitrogens with zero attached hydrogens (tertiary/aromatic N) is 1. The molecule has 1 heterocycles. The third-order valence-corrected chi connectivity index (χ3v) is 7.30. The van der Waals surface area contributed by atoms with E-state index >= 15 is 0 Å². The standard InChI is InChI=1S/C26H26N2O7S/c29-25(27-21-9-6-10-22(17-21)36(31,32)28-13-15-33-16-14-28)19-35-26(30)23-11-4-5-12-24(23)34-18-20-7-2-1-3-8-20/h1-12,17H,13-16,18-19H2,(H,27,29). The summed E-state index contributed by atoms with van der Waals surface area (Å²) in [7, 11) is -3.71. The number of morpholine rings is 1. The van der Waals surface area contributed by atoms with E-state index in [0.29, 0.717) is 19.0 Å². The predicted octanol–water partition coefficient (Wildman–Crippen LogP) is 3.08. The topological polar surface area (TPSA) is 111 Å². The molecule has 188 valence electrons. The lowest BCUT2D eigenvalue weighted by Crippen LogP contribution is -2.40. The quantitative estimate of drug-likeness (QED) is 0.441. The lowest BCUT2D eigenvalue weighted by molar-refractivity contribution is -0.119. The number of carbonyl (C=O) groups is 2. The molecule has 0 bridgehead atoms. The van der Waals surface area contributed by atoms with E-state index in [9.17, 15) is 18.0 Å². The molecular weight excluding hydrogens is 484 g/mol. The molecule has 3 aromatic carbocycles. The van der Waals surface area contributed by atoms with Crippen molar-refractivity contribution in [3.8, 4) is 5.75 Å². The molecule has 0 atom stereocenters. The number of esters is 1. The molecule has 10 heteroatoms. The Hall–Kier alpha value is -3.73. The normalized spacial score (nSPS) is 14.1. The molecule has 1 amide bonds. The molecule has 0 radical (unpaired) electrons. The van der Waals surface area contributed by atoms with Crippen LogP contribution >= 0.6 is 0 Å². The first-order valence-corrected chi connectivity index (χ1v) is 12.8. The Morgan fingerprint density at radius 3 is 2.42 bits per heavy atom. The van der Waals surface area contributed by atoms with Crippen LogP contribution in [0.3, 0.4) is 0 Å². The fourth-order valence-electron chi connectivity index (χ4n) is 3.57. The molecule has 0 aliphatic carbocycles. The number of benzene rings is 3. The van der Waals surface area contributed by atoms with Crippen LogP contribution < -0.4 is 10.1 Å². The van der Waals surface area contributed by atoms with Gasteiger partial charge in [0.25, 0.3) is 5.91 Å². The maximum Gasteiger partial charge on any atom is 0.342 e. The van der Waals surface area contributed by atoms with Crippen molar-refractivity contribution in [1.29, 1.82) is 0 Å². The van der Waals surface area contributed by atoms with E-state index in [4.69, 9.17) is 14.2 Å². The minimum Gasteiger partial charge on any atom is -0.488 e. The Labute approximate surface area is 209 Å². The Bertz CT molecular complexity index is 1310. The SMILES string of the molecule is O=C(COC(=O)c1ccccc1OCc1ccccc1)Nc1cccc(S(=O)(=O)N2CCOCC2)c1. The number of hydrogen-bond donors (Lipinski definition) is 1. The molecule has 9 nitrogen and oxygen atoms in total. The van der Waals surface area contributed by atoms with Gasteiger partial charge in [-0.1, -0.05) is 48.5 Å². The first-order valence-electron chi connectivity index (χ1n) is 11.3. The highest BCUT2D eigenvalue weighted by Gasteiger charge is 2.26. The molecular formula is C26H26N2O7S. The molecule has 0 spiro atoms. The summed E-state index contributed by atoms with van der Waals surface area (Å²) in [4.78, 5) is 25.1. The zero-order chi connectivity index (χ0) is 25.4. The fraction of sp³-hybridized carbons (Fsp3) is 0.231. The van der Waals surface area contributed by atoms with Gasteiger partial charge in [-0.2, -0.15) is 4.31 Å². The Morgan fingerprint density at radius 2 is 1.64 bits per heavy atom. The van der Waals surface area contributed by atoms with Crippen molar-refractivity contribution in [3.63, 3.8) is 0 Å². The average molecular weight is 511 g/mol. The molecule has 1 N–H and O–H groups in total. The summed E-state index contributed by atoms with van der Waals surface area (Å²) in [6.07, 6.45) is 0. The number of anilines is 1. The maximum atomic E-state index is 12.8. The van der Waals surface area contributed by atoms with Gasteiger partial charge < -0.3 is 19.5 Å². The summed E-state index contributed by atoms with van der Waals surface area (Å²) in [5.41, 5.74) is 1.41. The van der Waals surface area contributed by atoms with Crippen LogP contribution in [0.4, 0.5) is 5.69 Å². The van der Waals surface area contributed by atoms with Gasteiger partial charge in [-0.05, 0) is 35.9 Å². The minimum atomic E-state index is -3.71. The molecule has 0 aromatic heterocycles. The Kier molecular flexibility index (Phi) is 8.32. The van der Waals surface area contributed by atoms with Gasteiger partial charge in [-0.25, -0.2) is 13.2 Å². The highest BCUT2D eigenvalue weighted by molar-refractivity contribution is 7.89. The van der Waals surface area contributed by atoms with E-state index < -0.39 is 28.5 Å². The zero-order valence-corrected chi connectivity index (χ0v) is 20.3. The van der Waals surface area contributed by atoms with Gasteiger partial charge in [-0.3, -0.25) is 4.79 Å². The van der Waals surface area contributed by atoms with Crippen molar-refractivity contribution in [1.82, 2.24) is 4.31 Å². The zero-order valence-electron chi connectivity index (χ0n) is 19.5. The van der Waals surface area contributed by atoms with Crippen molar-refractivity contribution in [3.05, 3.63) is 90.0 Å². The maximum absolute atomic E-state index is 12.8. The lowest BCUT2D eigenvalue weighted by Gasteiger charge is -2.26.